The normalized spacial score (nSPS) is 12.3. The third kappa shape index (κ3) is 3.39. The number of nitrogens with one attached hydrogen (secondary N) is 1. The third-order valence-corrected chi connectivity index (χ3v) is 3.46. The van der Waals surface area contributed by atoms with Crippen LogP contribution in [0.25, 0.3) is 0 Å². The Morgan fingerprint density at radius 2 is 2.15 bits per heavy atom. The molecule has 0 radical (unpaired) electrons. The van der Waals surface area contributed by atoms with Gasteiger partial charge < -0.3 is 14.6 Å². The van der Waals surface area contributed by atoms with Crippen LogP contribution in [0.4, 0.5) is 0 Å². The third-order valence-electron chi connectivity index (χ3n) is 3.46. The van der Waals surface area contributed by atoms with Gasteiger partial charge in [0.25, 0.3) is 0 Å². The van der Waals surface area contributed by atoms with Gasteiger partial charge in [-0.2, -0.15) is 0 Å². The van der Waals surface area contributed by atoms with Gasteiger partial charge in [-0.05, 0) is 19.4 Å². The Kier molecular flexibility index (Phi) is 5.18. The Bertz CT molecular complexity index is 536. The molecule has 0 aliphatic rings. The first-order valence-corrected chi connectivity index (χ1v) is 7.11. The quantitative estimate of drug-likeness (QED) is 0.842. The average molecular weight is 273 g/mol. The van der Waals surface area contributed by atoms with E-state index in [1.54, 1.807) is 7.11 Å². The summed E-state index contributed by atoms with van der Waals surface area (Å²) >= 11 is 0. The van der Waals surface area contributed by atoms with E-state index in [4.69, 9.17) is 4.74 Å². The van der Waals surface area contributed by atoms with E-state index in [2.05, 4.69) is 34.8 Å². The van der Waals surface area contributed by atoms with Gasteiger partial charge in [-0.25, -0.2) is 4.98 Å². The second kappa shape index (κ2) is 7.10. The molecule has 0 bridgehead atoms. The van der Waals surface area contributed by atoms with Crippen molar-refractivity contribution in [3.63, 3.8) is 0 Å². The van der Waals surface area contributed by atoms with Crippen LogP contribution in [-0.4, -0.2) is 16.7 Å². The molecule has 1 aromatic heterocycles. The van der Waals surface area contributed by atoms with Gasteiger partial charge in [0.2, 0.25) is 0 Å². The molecule has 4 nitrogen and oxygen atoms in total. The summed E-state index contributed by atoms with van der Waals surface area (Å²) in [7, 11) is 1.71. The van der Waals surface area contributed by atoms with Crippen molar-refractivity contribution < 1.29 is 4.74 Å². The zero-order valence-electron chi connectivity index (χ0n) is 12.5. The highest BCUT2D eigenvalue weighted by atomic mass is 16.5. The van der Waals surface area contributed by atoms with Crippen molar-refractivity contribution in [3.8, 4) is 5.75 Å². The van der Waals surface area contributed by atoms with Crippen LogP contribution in [0.15, 0.2) is 36.8 Å². The molecule has 0 spiro atoms. The first-order chi connectivity index (χ1) is 9.76. The molecule has 2 rings (SSSR count). The average Bonchev–Trinajstić information content (AvgIpc) is 2.92. The molecule has 20 heavy (non-hydrogen) atoms. The van der Waals surface area contributed by atoms with Crippen molar-refractivity contribution in [2.75, 3.05) is 7.11 Å². The second-order valence-electron chi connectivity index (χ2n) is 4.92. The van der Waals surface area contributed by atoms with Crippen molar-refractivity contribution in [2.45, 2.75) is 39.4 Å². The van der Waals surface area contributed by atoms with Crippen molar-refractivity contribution >= 4 is 0 Å². The fourth-order valence-corrected chi connectivity index (χ4v) is 2.33. The van der Waals surface area contributed by atoms with Gasteiger partial charge in [0.15, 0.2) is 0 Å². The number of rotatable bonds is 7. The number of para-hydroxylation sites is 1. The van der Waals surface area contributed by atoms with E-state index >= 15 is 0 Å². The maximum absolute atomic E-state index is 5.41. The molecule has 0 saturated heterocycles. The highest BCUT2D eigenvalue weighted by molar-refractivity contribution is 5.35. The van der Waals surface area contributed by atoms with Crippen LogP contribution in [0, 0.1) is 0 Å². The highest BCUT2D eigenvalue weighted by Gasteiger charge is 2.11. The summed E-state index contributed by atoms with van der Waals surface area (Å²) in [4.78, 5) is 4.22. The second-order valence-corrected chi connectivity index (χ2v) is 4.92. The molecule has 0 aliphatic carbocycles. The molecule has 4 heteroatoms. The zero-order valence-corrected chi connectivity index (χ0v) is 12.5. The van der Waals surface area contributed by atoms with Crippen LogP contribution in [0.5, 0.6) is 5.75 Å². The first-order valence-electron chi connectivity index (χ1n) is 7.11. The predicted molar refractivity (Wildman–Crippen MR) is 80.8 cm³/mol. The Balaban J connectivity index is 2.01. The van der Waals surface area contributed by atoms with E-state index in [9.17, 15) is 0 Å². The maximum atomic E-state index is 5.41. The Hall–Kier alpha value is -1.81. The smallest absolute Gasteiger partial charge is 0.123 e. The van der Waals surface area contributed by atoms with Gasteiger partial charge in [-0.1, -0.05) is 25.1 Å². The molecule has 0 fully saturated rings. The maximum Gasteiger partial charge on any atom is 0.123 e. The predicted octanol–water partition coefficient (Wildman–Crippen LogP) is 3.15. The molecule has 0 amide bonds. The topological polar surface area (TPSA) is 39.1 Å². The lowest BCUT2D eigenvalue weighted by Crippen LogP contribution is -2.20. The van der Waals surface area contributed by atoms with Crippen LogP contribution < -0.4 is 10.1 Å². The van der Waals surface area contributed by atoms with Gasteiger partial charge >= 0.3 is 0 Å². The Morgan fingerprint density at radius 1 is 1.35 bits per heavy atom. The number of hydrogen-bond acceptors (Lipinski definition) is 3. The summed E-state index contributed by atoms with van der Waals surface area (Å²) in [6.45, 7) is 6.15. The van der Waals surface area contributed by atoms with Gasteiger partial charge in [0.05, 0.1) is 19.1 Å². The zero-order chi connectivity index (χ0) is 14.4. The minimum Gasteiger partial charge on any atom is -0.496 e. The lowest BCUT2D eigenvalue weighted by Gasteiger charge is -2.17. The van der Waals surface area contributed by atoms with Crippen LogP contribution in [0.1, 0.15) is 37.6 Å². The van der Waals surface area contributed by atoms with Crippen LogP contribution in [0.3, 0.4) is 0 Å². The molecule has 0 aliphatic heterocycles. The number of aryl methyl sites for hydroxylation is 1. The van der Waals surface area contributed by atoms with E-state index in [0.29, 0.717) is 0 Å². The molecule has 0 unspecified atom stereocenters. The fourth-order valence-electron chi connectivity index (χ4n) is 2.33. The fraction of sp³-hybridized carbons (Fsp3) is 0.438. The number of methoxy groups -OCH3 is 1. The first kappa shape index (κ1) is 14.6. The van der Waals surface area contributed by atoms with E-state index in [1.807, 2.05) is 30.7 Å². The lowest BCUT2D eigenvalue weighted by molar-refractivity contribution is 0.401. The number of ether oxygens (including phenoxy) is 1. The molecule has 1 aromatic carbocycles. The van der Waals surface area contributed by atoms with E-state index < -0.39 is 0 Å². The summed E-state index contributed by atoms with van der Waals surface area (Å²) in [5, 5.41) is 3.53. The summed E-state index contributed by atoms with van der Waals surface area (Å²) < 4.78 is 7.60. The summed E-state index contributed by atoms with van der Waals surface area (Å²) in [6, 6.07) is 8.35. The number of aromatic nitrogens is 2. The van der Waals surface area contributed by atoms with Gasteiger partial charge in [0, 0.05) is 30.9 Å². The van der Waals surface area contributed by atoms with Crippen LogP contribution in [-0.2, 0) is 13.1 Å². The molecular weight excluding hydrogens is 250 g/mol. The van der Waals surface area contributed by atoms with E-state index in [-0.39, 0.29) is 6.04 Å². The number of hydrogen-bond donors (Lipinski definition) is 1. The summed E-state index contributed by atoms with van der Waals surface area (Å²) in [6.07, 6.45) is 4.94. The van der Waals surface area contributed by atoms with Gasteiger partial charge in [-0.3, -0.25) is 0 Å². The molecule has 108 valence electrons. The van der Waals surface area contributed by atoms with Crippen LogP contribution in [0.2, 0.25) is 0 Å². The van der Waals surface area contributed by atoms with E-state index in [1.165, 1.54) is 11.3 Å². The van der Waals surface area contributed by atoms with Crippen molar-refractivity contribution in [1.82, 2.24) is 14.9 Å². The van der Waals surface area contributed by atoms with Crippen molar-refractivity contribution in [1.29, 1.82) is 0 Å². The van der Waals surface area contributed by atoms with Crippen molar-refractivity contribution in [3.05, 3.63) is 48.0 Å². The summed E-state index contributed by atoms with van der Waals surface area (Å²) in [5.74, 6) is 0.926. The molecule has 0 saturated carbocycles. The molecule has 2 aromatic rings. The minimum absolute atomic E-state index is 0.233. The number of benzene rings is 1. The van der Waals surface area contributed by atoms with Crippen molar-refractivity contribution in [2.24, 2.45) is 0 Å². The monoisotopic (exact) mass is 273 g/mol. The Labute approximate surface area is 120 Å². The molecule has 1 N–H and O–H groups in total. The minimum atomic E-state index is 0.233. The van der Waals surface area contributed by atoms with E-state index in [0.717, 1.165) is 25.3 Å². The largest absolute Gasteiger partial charge is 0.496 e. The SMILES string of the molecule is CCCn1cncc1CN[C@@H](C)c1ccccc1OC. The molecule has 1 heterocycles. The lowest BCUT2D eigenvalue weighted by atomic mass is 10.1. The van der Waals surface area contributed by atoms with Crippen LogP contribution >= 0.6 is 0 Å². The van der Waals surface area contributed by atoms with Gasteiger partial charge in [-0.15, -0.1) is 0 Å². The number of imidazole rings is 1. The summed E-state index contributed by atoms with van der Waals surface area (Å²) in [5.41, 5.74) is 2.39. The molecular formula is C16H23N3O. The Morgan fingerprint density at radius 3 is 2.90 bits per heavy atom. The standard InChI is InChI=1S/C16H23N3O/c1-4-9-19-12-17-10-14(19)11-18-13(2)15-7-5-6-8-16(15)20-3/h5-8,10,12-13,18H,4,9,11H2,1-3H3/t13-/m0/s1. The highest BCUT2D eigenvalue weighted by Crippen LogP contribution is 2.24. The van der Waals surface area contributed by atoms with Gasteiger partial charge in [0.1, 0.15) is 5.75 Å². The number of nitrogens with zero attached hydrogens (tertiary/aromatic N) is 2. The molecule has 1 atom stereocenters.